The smallest absolute Gasteiger partial charge is 0.247 e. The van der Waals surface area contributed by atoms with Gasteiger partial charge in [0.25, 0.3) is 0 Å². The summed E-state index contributed by atoms with van der Waals surface area (Å²) in [5.74, 6) is -3.10. The van der Waals surface area contributed by atoms with Crippen molar-refractivity contribution in [2.45, 2.75) is 38.6 Å². The molecule has 0 fully saturated rings. The molecule has 0 bridgehead atoms. The van der Waals surface area contributed by atoms with Crippen molar-refractivity contribution in [1.82, 2.24) is 15.5 Å². The fraction of sp³-hybridized carbons (Fsp3) is 0.346. The molecule has 2 unspecified atom stereocenters. The molecular weight excluding hydrogens is 476 g/mol. The van der Waals surface area contributed by atoms with E-state index in [0.29, 0.717) is 30.5 Å². The monoisotopic (exact) mass is 503 g/mol. The van der Waals surface area contributed by atoms with Crippen LogP contribution in [0.5, 0.6) is 0 Å². The highest BCUT2D eigenvalue weighted by Crippen LogP contribution is 2.32. The van der Waals surface area contributed by atoms with Crippen LogP contribution in [0.25, 0.3) is 5.57 Å². The van der Waals surface area contributed by atoms with Crippen molar-refractivity contribution in [3.05, 3.63) is 77.0 Å². The highest BCUT2D eigenvalue weighted by molar-refractivity contribution is 6.31. The summed E-state index contributed by atoms with van der Waals surface area (Å²) in [5, 5.41) is 5.39. The van der Waals surface area contributed by atoms with Crippen molar-refractivity contribution in [1.29, 1.82) is 0 Å². The van der Waals surface area contributed by atoms with Crippen molar-refractivity contribution < 1.29 is 23.2 Å². The molecule has 6 nitrogen and oxygen atoms in total. The second-order valence-electron chi connectivity index (χ2n) is 8.57. The van der Waals surface area contributed by atoms with E-state index in [1.54, 1.807) is 6.92 Å². The molecule has 9 heteroatoms. The largest absolute Gasteiger partial charge is 0.350 e. The maximum atomic E-state index is 14.5. The molecule has 0 saturated carbocycles. The Morgan fingerprint density at radius 3 is 2.51 bits per heavy atom. The zero-order valence-electron chi connectivity index (χ0n) is 19.5. The number of amides is 3. The molecule has 2 heterocycles. The van der Waals surface area contributed by atoms with E-state index in [9.17, 15) is 23.2 Å². The molecule has 2 atom stereocenters. The lowest BCUT2D eigenvalue weighted by Gasteiger charge is -2.34. The van der Waals surface area contributed by atoms with Gasteiger partial charge in [0.1, 0.15) is 11.9 Å². The molecule has 186 valence electrons. The number of carbonyl (C=O) groups excluding carboxylic acids is 3. The highest BCUT2D eigenvalue weighted by atomic mass is 35.5. The number of halogens is 3. The Bertz CT molecular complexity index is 1130. The lowest BCUT2D eigenvalue weighted by atomic mass is 9.94. The third kappa shape index (κ3) is 5.88. The number of carbonyl (C=O) groups is 3. The van der Waals surface area contributed by atoms with Gasteiger partial charge < -0.3 is 15.5 Å². The van der Waals surface area contributed by atoms with E-state index in [-0.39, 0.29) is 53.4 Å². The van der Waals surface area contributed by atoms with Crippen LogP contribution in [0.15, 0.2) is 54.8 Å². The van der Waals surface area contributed by atoms with E-state index >= 15 is 0 Å². The minimum atomic E-state index is -0.919. The summed E-state index contributed by atoms with van der Waals surface area (Å²) in [4.78, 5) is 40.1. The Hall–Kier alpha value is -3.26. The third-order valence-corrected chi connectivity index (χ3v) is 6.61. The van der Waals surface area contributed by atoms with Crippen molar-refractivity contribution in [3.63, 3.8) is 0 Å². The van der Waals surface area contributed by atoms with Crippen LogP contribution in [0.4, 0.5) is 8.78 Å². The molecule has 3 amide bonds. The van der Waals surface area contributed by atoms with Gasteiger partial charge in [-0.05, 0) is 48.6 Å². The SMILES string of the molecule is C=C/C1=C(\C=C)NC(=O)C(C)CCCC(N2CCC(c3c(F)ccc(Cl)c3F)=CC2=O)C(=O)NC1. The minimum Gasteiger partial charge on any atom is -0.350 e. The molecule has 2 aliphatic rings. The lowest BCUT2D eigenvalue weighted by Crippen LogP contribution is -2.51. The molecule has 0 spiro atoms. The second kappa shape index (κ2) is 11.4. The average molecular weight is 504 g/mol. The maximum absolute atomic E-state index is 14.5. The number of nitrogens with one attached hydrogen (secondary N) is 2. The van der Waals surface area contributed by atoms with Gasteiger partial charge in [0.2, 0.25) is 17.7 Å². The van der Waals surface area contributed by atoms with E-state index in [1.807, 2.05) is 0 Å². The van der Waals surface area contributed by atoms with E-state index < -0.39 is 23.6 Å². The molecule has 0 aromatic heterocycles. The van der Waals surface area contributed by atoms with Gasteiger partial charge in [0.05, 0.1) is 10.6 Å². The molecule has 2 aliphatic heterocycles. The van der Waals surface area contributed by atoms with Crippen LogP contribution in [0.1, 0.15) is 38.2 Å². The second-order valence-corrected chi connectivity index (χ2v) is 8.98. The van der Waals surface area contributed by atoms with Gasteiger partial charge in [0.15, 0.2) is 5.82 Å². The fourth-order valence-corrected chi connectivity index (χ4v) is 4.41. The van der Waals surface area contributed by atoms with Crippen molar-refractivity contribution >= 4 is 34.9 Å². The quantitative estimate of drug-likeness (QED) is 0.602. The lowest BCUT2D eigenvalue weighted by molar-refractivity contribution is -0.137. The van der Waals surface area contributed by atoms with Crippen LogP contribution in [-0.2, 0) is 14.4 Å². The number of hydrogen-bond acceptors (Lipinski definition) is 3. The molecule has 1 aromatic rings. The summed E-state index contributed by atoms with van der Waals surface area (Å²) in [5.41, 5.74) is 0.898. The minimum absolute atomic E-state index is 0.0803. The van der Waals surface area contributed by atoms with Gasteiger partial charge >= 0.3 is 0 Å². The zero-order chi connectivity index (χ0) is 25.7. The first-order valence-electron chi connectivity index (χ1n) is 11.4. The number of allylic oxidation sites excluding steroid dienone is 1. The number of rotatable bonds is 4. The number of nitrogens with zero attached hydrogens (tertiary/aromatic N) is 1. The molecule has 0 radical (unpaired) electrons. The summed E-state index contributed by atoms with van der Waals surface area (Å²) in [6.07, 6.45) is 5.69. The van der Waals surface area contributed by atoms with Crippen LogP contribution in [0.2, 0.25) is 5.02 Å². The Morgan fingerprint density at radius 2 is 1.86 bits per heavy atom. The summed E-state index contributed by atoms with van der Waals surface area (Å²) >= 11 is 5.80. The maximum Gasteiger partial charge on any atom is 0.247 e. The molecule has 35 heavy (non-hydrogen) atoms. The molecule has 0 aliphatic carbocycles. The Labute approximate surface area is 208 Å². The Morgan fingerprint density at radius 1 is 1.11 bits per heavy atom. The average Bonchev–Trinajstić information content (AvgIpc) is 2.83. The normalized spacial score (nSPS) is 24.5. The van der Waals surface area contributed by atoms with Crippen LogP contribution in [-0.4, -0.2) is 41.8 Å². The summed E-state index contributed by atoms with van der Waals surface area (Å²) in [7, 11) is 0. The van der Waals surface area contributed by atoms with E-state index in [1.165, 1.54) is 17.1 Å². The number of hydrogen-bond donors (Lipinski definition) is 2. The van der Waals surface area contributed by atoms with Gasteiger partial charge in [-0.3, -0.25) is 14.4 Å². The van der Waals surface area contributed by atoms with E-state index in [0.717, 1.165) is 18.2 Å². The first-order chi connectivity index (χ1) is 16.7. The topological polar surface area (TPSA) is 78.5 Å². The fourth-order valence-electron chi connectivity index (χ4n) is 4.26. The van der Waals surface area contributed by atoms with Crippen LogP contribution < -0.4 is 10.6 Å². The van der Waals surface area contributed by atoms with Gasteiger partial charge in [-0.25, -0.2) is 8.78 Å². The molecule has 0 saturated heterocycles. The van der Waals surface area contributed by atoms with E-state index in [2.05, 4.69) is 23.8 Å². The van der Waals surface area contributed by atoms with Gasteiger partial charge in [-0.1, -0.05) is 44.2 Å². The predicted octanol–water partition coefficient (Wildman–Crippen LogP) is 4.28. The van der Waals surface area contributed by atoms with Gasteiger partial charge in [0, 0.05) is 30.8 Å². The summed E-state index contributed by atoms with van der Waals surface area (Å²) in [6, 6.07) is 1.37. The summed E-state index contributed by atoms with van der Waals surface area (Å²) < 4.78 is 28.8. The molecule has 1 aromatic carbocycles. The first-order valence-corrected chi connectivity index (χ1v) is 11.8. The highest BCUT2D eigenvalue weighted by Gasteiger charge is 2.33. The molecule has 2 N–H and O–H groups in total. The molecule has 3 rings (SSSR count). The zero-order valence-corrected chi connectivity index (χ0v) is 20.3. The molecular formula is C26H28ClF2N3O3. The summed E-state index contributed by atoms with van der Waals surface area (Å²) in [6.45, 7) is 9.45. The van der Waals surface area contributed by atoms with Crippen LogP contribution in [0.3, 0.4) is 0 Å². The Balaban J connectivity index is 1.88. The first kappa shape index (κ1) is 26.3. The van der Waals surface area contributed by atoms with Crippen LogP contribution in [0, 0.1) is 17.6 Å². The van der Waals surface area contributed by atoms with Gasteiger partial charge in [-0.2, -0.15) is 0 Å². The Kier molecular flexibility index (Phi) is 8.62. The van der Waals surface area contributed by atoms with Crippen molar-refractivity contribution in [2.75, 3.05) is 13.1 Å². The standard InChI is InChI=1S/C26H28ClF2N3O3/c1-4-16-14-30-26(35)21(8-6-7-15(3)25(34)31-20(16)5-2)32-12-11-17(13-22(32)33)23-19(28)10-9-18(27)24(23)29/h4-5,9-10,13,15,21H,1-2,6-8,11-12,14H2,3H3,(H,30,35)(H,31,34)/b20-16-. The van der Waals surface area contributed by atoms with E-state index in [4.69, 9.17) is 11.6 Å². The predicted molar refractivity (Wildman–Crippen MR) is 131 cm³/mol. The van der Waals surface area contributed by atoms with Crippen LogP contribution >= 0.6 is 11.6 Å². The van der Waals surface area contributed by atoms with Crippen molar-refractivity contribution in [2.24, 2.45) is 5.92 Å². The van der Waals surface area contributed by atoms with Crippen molar-refractivity contribution in [3.8, 4) is 0 Å². The number of benzene rings is 1. The van der Waals surface area contributed by atoms with Gasteiger partial charge in [-0.15, -0.1) is 0 Å². The third-order valence-electron chi connectivity index (χ3n) is 6.32.